The van der Waals surface area contributed by atoms with Gasteiger partial charge in [0.2, 0.25) is 0 Å². The topological polar surface area (TPSA) is 20.2 Å². The summed E-state index contributed by atoms with van der Waals surface area (Å²) in [5, 5.41) is 8.83. The zero-order valence-corrected chi connectivity index (χ0v) is 7.60. The van der Waals surface area contributed by atoms with Crippen LogP contribution < -0.4 is 0 Å². The zero-order chi connectivity index (χ0) is 8.20. The minimum atomic E-state index is -1.35. The summed E-state index contributed by atoms with van der Waals surface area (Å²) < 4.78 is 0. The minimum Gasteiger partial charge on any atom is -0.369 e. The second kappa shape index (κ2) is 3.46. The standard InChI is InChI=1S/C8H12OSi/c1-5-8(9)6-7-10(2,3)4/h1,8-9H,2-4H3/t8-/m1/s1. The van der Waals surface area contributed by atoms with E-state index in [9.17, 15) is 0 Å². The molecule has 1 N–H and O–H groups in total. The number of terminal acetylenes is 1. The molecule has 0 amide bonds. The number of hydrogen-bond donors (Lipinski definition) is 1. The SMILES string of the molecule is C#C[C@@H](O)C#C[Si](C)(C)C. The van der Waals surface area contributed by atoms with E-state index in [4.69, 9.17) is 11.5 Å². The molecular formula is C8H12OSi. The second-order valence-corrected chi connectivity index (χ2v) is 7.84. The van der Waals surface area contributed by atoms with E-state index in [1.165, 1.54) is 0 Å². The van der Waals surface area contributed by atoms with Crippen molar-refractivity contribution in [1.82, 2.24) is 0 Å². The summed E-state index contributed by atoms with van der Waals surface area (Å²) in [6.45, 7) is 6.30. The van der Waals surface area contributed by atoms with Crippen molar-refractivity contribution in [1.29, 1.82) is 0 Å². The molecule has 0 aromatic heterocycles. The molecule has 0 radical (unpaired) electrons. The van der Waals surface area contributed by atoms with Crippen molar-refractivity contribution in [2.45, 2.75) is 25.7 Å². The Kier molecular flexibility index (Phi) is 3.22. The van der Waals surface area contributed by atoms with Crippen molar-refractivity contribution >= 4 is 8.07 Å². The molecule has 0 saturated heterocycles. The van der Waals surface area contributed by atoms with Crippen LogP contribution in [0, 0.1) is 23.8 Å². The Hall–Kier alpha value is -0.703. The van der Waals surface area contributed by atoms with Gasteiger partial charge in [0.05, 0.1) is 0 Å². The summed E-state index contributed by atoms with van der Waals surface area (Å²) in [5.41, 5.74) is 2.97. The van der Waals surface area contributed by atoms with Crippen LogP contribution in [0.25, 0.3) is 0 Å². The summed E-state index contributed by atoms with van der Waals surface area (Å²) in [5.74, 6) is 4.75. The second-order valence-electron chi connectivity index (χ2n) is 3.09. The van der Waals surface area contributed by atoms with Gasteiger partial charge in [0, 0.05) is 0 Å². The van der Waals surface area contributed by atoms with Gasteiger partial charge in [0.1, 0.15) is 8.07 Å². The van der Waals surface area contributed by atoms with E-state index in [0.29, 0.717) is 0 Å². The zero-order valence-electron chi connectivity index (χ0n) is 6.60. The molecule has 0 rings (SSSR count). The van der Waals surface area contributed by atoms with Crippen molar-refractivity contribution in [3.05, 3.63) is 0 Å². The number of hydrogen-bond acceptors (Lipinski definition) is 1. The quantitative estimate of drug-likeness (QED) is 0.403. The number of aliphatic hydroxyl groups is 1. The van der Waals surface area contributed by atoms with Gasteiger partial charge >= 0.3 is 0 Å². The van der Waals surface area contributed by atoms with Gasteiger partial charge in [0.15, 0.2) is 6.10 Å². The van der Waals surface area contributed by atoms with Crippen molar-refractivity contribution in [3.63, 3.8) is 0 Å². The molecule has 1 atom stereocenters. The molecule has 0 aliphatic carbocycles. The van der Waals surface area contributed by atoms with Crippen LogP contribution >= 0.6 is 0 Å². The summed E-state index contributed by atoms with van der Waals surface area (Å²) >= 11 is 0. The van der Waals surface area contributed by atoms with Gasteiger partial charge in [0.25, 0.3) is 0 Å². The molecule has 0 aliphatic heterocycles. The van der Waals surface area contributed by atoms with E-state index in [0.717, 1.165) is 0 Å². The predicted molar refractivity (Wildman–Crippen MR) is 46.0 cm³/mol. The first-order valence-electron chi connectivity index (χ1n) is 3.12. The van der Waals surface area contributed by atoms with Gasteiger partial charge in [-0.2, -0.15) is 0 Å². The maximum absolute atomic E-state index is 8.83. The fourth-order valence-electron chi connectivity index (χ4n) is 0.327. The summed E-state index contributed by atoms with van der Waals surface area (Å²) in [4.78, 5) is 0. The van der Waals surface area contributed by atoms with E-state index < -0.39 is 14.2 Å². The molecule has 0 fully saturated rings. The molecule has 0 saturated carbocycles. The monoisotopic (exact) mass is 152 g/mol. The molecule has 10 heavy (non-hydrogen) atoms. The molecular weight excluding hydrogens is 140 g/mol. The number of aliphatic hydroxyl groups excluding tert-OH is 1. The van der Waals surface area contributed by atoms with Crippen LogP contribution in [0.2, 0.25) is 19.6 Å². The van der Waals surface area contributed by atoms with Crippen LogP contribution in [0.15, 0.2) is 0 Å². The van der Waals surface area contributed by atoms with Crippen LogP contribution in [0.4, 0.5) is 0 Å². The van der Waals surface area contributed by atoms with E-state index in [1.807, 2.05) is 0 Å². The minimum absolute atomic E-state index is 0.883. The molecule has 0 bridgehead atoms. The van der Waals surface area contributed by atoms with E-state index >= 15 is 0 Å². The van der Waals surface area contributed by atoms with E-state index in [-0.39, 0.29) is 0 Å². The molecule has 2 heteroatoms. The number of rotatable bonds is 0. The van der Waals surface area contributed by atoms with Crippen molar-refractivity contribution in [2.75, 3.05) is 0 Å². The highest BCUT2D eigenvalue weighted by molar-refractivity contribution is 6.83. The molecule has 0 aromatic carbocycles. The lowest BCUT2D eigenvalue weighted by Gasteiger charge is -2.03. The van der Waals surface area contributed by atoms with Crippen LogP contribution in [0.3, 0.4) is 0 Å². The Balaban J connectivity index is 4.08. The highest BCUT2D eigenvalue weighted by atomic mass is 28.3. The fraction of sp³-hybridized carbons (Fsp3) is 0.500. The lowest BCUT2D eigenvalue weighted by molar-refractivity contribution is 0.290. The summed E-state index contributed by atoms with van der Waals surface area (Å²) in [7, 11) is -1.35. The highest BCUT2D eigenvalue weighted by Gasteiger charge is 2.07. The van der Waals surface area contributed by atoms with Crippen molar-refractivity contribution in [2.24, 2.45) is 0 Å². The molecule has 54 valence electrons. The maximum atomic E-state index is 8.83. The normalized spacial score (nSPS) is 12.7. The van der Waals surface area contributed by atoms with Crippen LogP contribution in [-0.4, -0.2) is 19.3 Å². The average Bonchev–Trinajstić information content (AvgIpc) is 1.81. The van der Waals surface area contributed by atoms with Crippen molar-refractivity contribution in [3.8, 4) is 23.8 Å². The Morgan fingerprint density at radius 2 is 1.90 bits per heavy atom. The van der Waals surface area contributed by atoms with Gasteiger partial charge in [-0.15, -0.1) is 12.0 Å². The predicted octanol–water partition coefficient (Wildman–Crippen LogP) is 0.861. The maximum Gasteiger partial charge on any atom is 0.175 e. The third-order valence-electron chi connectivity index (χ3n) is 0.742. The third kappa shape index (κ3) is 5.43. The molecule has 0 heterocycles. The first kappa shape index (κ1) is 9.30. The van der Waals surface area contributed by atoms with Gasteiger partial charge in [-0.25, -0.2) is 0 Å². The van der Waals surface area contributed by atoms with Crippen LogP contribution in [-0.2, 0) is 0 Å². The van der Waals surface area contributed by atoms with E-state index in [2.05, 4.69) is 37.0 Å². The molecule has 0 aromatic rings. The highest BCUT2D eigenvalue weighted by Crippen LogP contribution is 1.96. The summed E-state index contributed by atoms with van der Waals surface area (Å²) in [6.07, 6.45) is 4.03. The Morgan fingerprint density at radius 1 is 1.40 bits per heavy atom. The summed E-state index contributed by atoms with van der Waals surface area (Å²) in [6, 6.07) is 0. The Morgan fingerprint density at radius 3 is 2.20 bits per heavy atom. The van der Waals surface area contributed by atoms with Gasteiger partial charge in [-0.05, 0) is 0 Å². The van der Waals surface area contributed by atoms with Crippen LogP contribution in [0.1, 0.15) is 0 Å². The van der Waals surface area contributed by atoms with Gasteiger partial charge < -0.3 is 5.11 Å². The van der Waals surface area contributed by atoms with Crippen LogP contribution in [0.5, 0.6) is 0 Å². The average molecular weight is 152 g/mol. The molecule has 0 aliphatic rings. The molecule has 0 unspecified atom stereocenters. The van der Waals surface area contributed by atoms with Gasteiger partial charge in [-0.1, -0.05) is 31.5 Å². The lowest BCUT2D eigenvalue weighted by atomic mass is 10.4. The first-order chi connectivity index (χ1) is 4.45. The smallest absolute Gasteiger partial charge is 0.175 e. The van der Waals surface area contributed by atoms with Crippen molar-refractivity contribution < 1.29 is 5.11 Å². The fourth-order valence-corrected chi connectivity index (χ4v) is 0.896. The largest absolute Gasteiger partial charge is 0.369 e. The Bertz CT molecular complexity index is 196. The Labute approximate surface area is 63.5 Å². The lowest BCUT2D eigenvalue weighted by Crippen LogP contribution is -2.17. The van der Waals surface area contributed by atoms with E-state index in [1.54, 1.807) is 0 Å². The third-order valence-corrected chi connectivity index (χ3v) is 1.64. The molecule has 0 spiro atoms. The van der Waals surface area contributed by atoms with Gasteiger partial charge in [-0.3, -0.25) is 0 Å². The first-order valence-corrected chi connectivity index (χ1v) is 6.62. The molecule has 1 nitrogen and oxygen atoms in total.